The molecule has 2 heteroatoms. The summed E-state index contributed by atoms with van der Waals surface area (Å²) in [5, 5.41) is 0. The fourth-order valence-corrected chi connectivity index (χ4v) is 3.10. The molecule has 1 rings (SSSR count). The Balaban J connectivity index is 2.45. The van der Waals surface area contributed by atoms with Gasteiger partial charge in [0.1, 0.15) is 5.78 Å². The molecule has 0 aliphatic carbocycles. The Morgan fingerprint density at radius 1 is 1.40 bits per heavy atom. The average Bonchev–Trinajstić information content (AvgIpc) is 2.51. The third-order valence-electron chi connectivity index (χ3n) is 2.40. The molecular formula is C13H20OS. The van der Waals surface area contributed by atoms with Crippen molar-refractivity contribution in [1.29, 1.82) is 0 Å². The summed E-state index contributed by atoms with van der Waals surface area (Å²) in [7, 11) is 0. The Morgan fingerprint density at radius 3 is 2.67 bits per heavy atom. The van der Waals surface area contributed by atoms with Crippen molar-refractivity contribution in [3.05, 3.63) is 21.9 Å². The standard InChI is InChI=1S/C13H20OS/c1-4-5-12-6-7-13(15-12)9-10(2)8-11(3)14/h6-7,10H,4-5,8-9H2,1-3H3. The first kappa shape index (κ1) is 12.4. The molecule has 0 aliphatic heterocycles. The molecule has 0 fully saturated rings. The number of Topliss-reactive ketones (excluding diaryl/α,β-unsaturated/α-hetero) is 1. The highest BCUT2D eigenvalue weighted by Crippen LogP contribution is 2.22. The van der Waals surface area contributed by atoms with E-state index in [4.69, 9.17) is 0 Å². The molecule has 0 aromatic carbocycles. The quantitative estimate of drug-likeness (QED) is 0.717. The van der Waals surface area contributed by atoms with Crippen LogP contribution in [0.5, 0.6) is 0 Å². The van der Waals surface area contributed by atoms with Gasteiger partial charge in [-0.3, -0.25) is 0 Å². The van der Waals surface area contributed by atoms with E-state index in [2.05, 4.69) is 26.0 Å². The van der Waals surface area contributed by atoms with Crippen LogP contribution in [-0.4, -0.2) is 5.78 Å². The monoisotopic (exact) mass is 224 g/mol. The molecule has 1 aromatic heterocycles. The van der Waals surface area contributed by atoms with Crippen LogP contribution < -0.4 is 0 Å². The molecule has 84 valence electrons. The van der Waals surface area contributed by atoms with Crippen molar-refractivity contribution in [3.8, 4) is 0 Å². The average molecular weight is 224 g/mol. The number of aryl methyl sites for hydroxylation is 1. The number of rotatable bonds is 6. The van der Waals surface area contributed by atoms with Crippen LogP contribution in [0.15, 0.2) is 12.1 Å². The van der Waals surface area contributed by atoms with Gasteiger partial charge in [0.2, 0.25) is 0 Å². The summed E-state index contributed by atoms with van der Waals surface area (Å²) >= 11 is 1.90. The molecule has 1 nitrogen and oxygen atoms in total. The summed E-state index contributed by atoms with van der Waals surface area (Å²) in [6.45, 7) is 6.03. The maximum absolute atomic E-state index is 11.0. The smallest absolute Gasteiger partial charge is 0.130 e. The summed E-state index contributed by atoms with van der Waals surface area (Å²) in [6, 6.07) is 4.44. The lowest BCUT2D eigenvalue weighted by molar-refractivity contribution is -0.117. The van der Waals surface area contributed by atoms with Crippen LogP contribution in [-0.2, 0) is 17.6 Å². The van der Waals surface area contributed by atoms with Gasteiger partial charge in [0.25, 0.3) is 0 Å². The second kappa shape index (κ2) is 6.06. The number of carbonyl (C=O) groups is 1. The molecule has 0 saturated heterocycles. The largest absolute Gasteiger partial charge is 0.300 e. The van der Waals surface area contributed by atoms with Crippen molar-refractivity contribution >= 4 is 17.1 Å². The second-order valence-corrected chi connectivity index (χ2v) is 5.59. The Kier molecular flexibility index (Phi) is 5.03. The minimum absolute atomic E-state index is 0.299. The zero-order valence-corrected chi connectivity index (χ0v) is 10.7. The van der Waals surface area contributed by atoms with Gasteiger partial charge in [-0.05, 0) is 37.8 Å². The predicted octanol–water partition coefficient (Wildman–Crippen LogP) is 3.86. The lowest BCUT2D eigenvalue weighted by atomic mass is 10.0. The fraction of sp³-hybridized carbons (Fsp3) is 0.615. The first-order chi connectivity index (χ1) is 7.11. The van der Waals surface area contributed by atoms with Crippen LogP contribution in [0.1, 0.15) is 43.4 Å². The number of thiophene rings is 1. The van der Waals surface area contributed by atoms with Crippen molar-refractivity contribution < 1.29 is 4.79 Å². The van der Waals surface area contributed by atoms with E-state index in [0.717, 1.165) is 6.42 Å². The normalized spacial score (nSPS) is 12.7. The van der Waals surface area contributed by atoms with E-state index in [9.17, 15) is 4.79 Å². The van der Waals surface area contributed by atoms with Gasteiger partial charge in [-0.15, -0.1) is 11.3 Å². The Bertz CT molecular complexity index is 314. The van der Waals surface area contributed by atoms with E-state index in [0.29, 0.717) is 18.1 Å². The van der Waals surface area contributed by atoms with E-state index < -0.39 is 0 Å². The van der Waals surface area contributed by atoms with Crippen molar-refractivity contribution in [2.75, 3.05) is 0 Å². The van der Waals surface area contributed by atoms with Crippen LogP contribution in [0.3, 0.4) is 0 Å². The minimum atomic E-state index is 0.299. The molecule has 0 N–H and O–H groups in total. The zero-order chi connectivity index (χ0) is 11.3. The van der Waals surface area contributed by atoms with Gasteiger partial charge in [-0.2, -0.15) is 0 Å². The molecule has 0 bridgehead atoms. The van der Waals surface area contributed by atoms with E-state index in [1.807, 2.05) is 11.3 Å². The predicted molar refractivity (Wildman–Crippen MR) is 66.5 cm³/mol. The van der Waals surface area contributed by atoms with Gasteiger partial charge in [0.05, 0.1) is 0 Å². The first-order valence-corrected chi connectivity index (χ1v) is 6.50. The highest BCUT2D eigenvalue weighted by Gasteiger charge is 2.08. The van der Waals surface area contributed by atoms with Gasteiger partial charge in [0, 0.05) is 16.2 Å². The van der Waals surface area contributed by atoms with Gasteiger partial charge < -0.3 is 4.79 Å². The van der Waals surface area contributed by atoms with Gasteiger partial charge >= 0.3 is 0 Å². The number of carbonyl (C=O) groups excluding carboxylic acids is 1. The molecule has 0 saturated carbocycles. The van der Waals surface area contributed by atoms with Gasteiger partial charge in [0.15, 0.2) is 0 Å². The Labute approximate surface area is 96.5 Å². The van der Waals surface area contributed by atoms with Crippen molar-refractivity contribution in [3.63, 3.8) is 0 Å². The number of hydrogen-bond acceptors (Lipinski definition) is 2. The molecule has 0 radical (unpaired) electrons. The van der Waals surface area contributed by atoms with Crippen LogP contribution >= 0.6 is 11.3 Å². The Hall–Kier alpha value is -0.630. The first-order valence-electron chi connectivity index (χ1n) is 5.68. The molecule has 0 spiro atoms. The molecule has 1 unspecified atom stereocenters. The van der Waals surface area contributed by atoms with E-state index in [1.165, 1.54) is 22.6 Å². The molecule has 0 amide bonds. The van der Waals surface area contributed by atoms with Crippen LogP contribution in [0, 0.1) is 5.92 Å². The maximum atomic E-state index is 11.0. The second-order valence-electron chi connectivity index (χ2n) is 4.33. The molecular weight excluding hydrogens is 204 g/mol. The maximum Gasteiger partial charge on any atom is 0.130 e. The molecule has 1 heterocycles. The summed E-state index contributed by atoms with van der Waals surface area (Å²) in [6.07, 6.45) is 4.16. The zero-order valence-electron chi connectivity index (χ0n) is 9.88. The van der Waals surface area contributed by atoms with E-state index >= 15 is 0 Å². The van der Waals surface area contributed by atoms with Crippen LogP contribution in [0.25, 0.3) is 0 Å². The van der Waals surface area contributed by atoms with Crippen molar-refractivity contribution in [2.24, 2.45) is 5.92 Å². The minimum Gasteiger partial charge on any atom is -0.300 e. The van der Waals surface area contributed by atoms with E-state index in [-0.39, 0.29) is 0 Å². The van der Waals surface area contributed by atoms with Crippen molar-refractivity contribution in [1.82, 2.24) is 0 Å². The lowest BCUT2D eigenvalue weighted by Crippen LogP contribution is -2.03. The van der Waals surface area contributed by atoms with Crippen molar-refractivity contribution in [2.45, 2.75) is 46.5 Å². The number of ketones is 1. The van der Waals surface area contributed by atoms with Crippen LogP contribution in [0.2, 0.25) is 0 Å². The molecule has 0 aliphatic rings. The SMILES string of the molecule is CCCc1ccc(CC(C)CC(C)=O)s1. The lowest BCUT2D eigenvalue weighted by Gasteiger charge is -2.06. The van der Waals surface area contributed by atoms with E-state index in [1.54, 1.807) is 6.92 Å². The molecule has 1 atom stereocenters. The third-order valence-corrected chi connectivity index (χ3v) is 3.57. The van der Waals surface area contributed by atoms with Crippen LogP contribution in [0.4, 0.5) is 0 Å². The highest BCUT2D eigenvalue weighted by atomic mass is 32.1. The van der Waals surface area contributed by atoms with Gasteiger partial charge in [-0.25, -0.2) is 0 Å². The summed E-state index contributed by atoms with van der Waals surface area (Å²) in [5.41, 5.74) is 0. The Morgan fingerprint density at radius 2 is 2.07 bits per heavy atom. The van der Waals surface area contributed by atoms with Gasteiger partial charge in [-0.1, -0.05) is 20.3 Å². The molecule has 1 aromatic rings. The summed E-state index contributed by atoms with van der Waals surface area (Å²) < 4.78 is 0. The molecule has 15 heavy (non-hydrogen) atoms. The third kappa shape index (κ3) is 4.61. The summed E-state index contributed by atoms with van der Waals surface area (Å²) in [4.78, 5) is 13.9. The fourth-order valence-electron chi connectivity index (χ4n) is 1.82. The topological polar surface area (TPSA) is 17.1 Å². The number of hydrogen-bond donors (Lipinski definition) is 0. The summed E-state index contributed by atoms with van der Waals surface area (Å²) in [5.74, 6) is 0.781. The highest BCUT2D eigenvalue weighted by molar-refractivity contribution is 7.11.